The van der Waals surface area contributed by atoms with E-state index in [0.29, 0.717) is 32.8 Å². The predicted octanol–water partition coefficient (Wildman–Crippen LogP) is 1.47. The number of fused-ring (bicyclic) bond motifs is 1. The SMILES string of the molecule is O=c1[nH]c(O)c(/C=c2/cnn3c(=NC4CC4)cc(NCc4c(F)cccc4Cl)nc23)[nH]1. The van der Waals surface area contributed by atoms with Crippen LogP contribution in [0.1, 0.15) is 24.1 Å². The first-order chi connectivity index (χ1) is 15.0. The molecule has 0 unspecified atom stereocenters. The molecular weight excluding hydrogens is 425 g/mol. The smallest absolute Gasteiger partial charge is 0.326 e. The van der Waals surface area contributed by atoms with Crippen molar-refractivity contribution >= 4 is 29.1 Å². The number of aromatic nitrogens is 5. The lowest BCUT2D eigenvalue weighted by Gasteiger charge is -2.09. The van der Waals surface area contributed by atoms with Crippen LogP contribution in [0.4, 0.5) is 10.2 Å². The van der Waals surface area contributed by atoms with Gasteiger partial charge in [-0.15, -0.1) is 0 Å². The monoisotopic (exact) mass is 441 g/mol. The quantitative estimate of drug-likeness (QED) is 0.373. The van der Waals surface area contributed by atoms with Crippen LogP contribution >= 0.6 is 11.6 Å². The maximum absolute atomic E-state index is 14.1. The summed E-state index contributed by atoms with van der Waals surface area (Å²) in [6.45, 7) is 0.136. The summed E-state index contributed by atoms with van der Waals surface area (Å²) in [6.07, 6.45) is 5.14. The Morgan fingerprint density at radius 3 is 2.94 bits per heavy atom. The number of nitrogens with zero attached hydrogens (tertiary/aromatic N) is 4. The molecule has 11 heteroatoms. The summed E-state index contributed by atoms with van der Waals surface area (Å²) in [5, 5.41) is 18.2. The number of halogens is 2. The minimum absolute atomic E-state index is 0.136. The molecule has 1 fully saturated rings. The molecule has 4 aromatic rings. The minimum Gasteiger partial charge on any atom is -0.493 e. The number of aromatic hydroxyl groups is 1. The van der Waals surface area contributed by atoms with E-state index in [1.165, 1.54) is 6.07 Å². The molecule has 1 aliphatic rings. The number of hydrogen-bond donors (Lipinski definition) is 4. The van der Waals surface area contributed by atoms with Crippen LogP contribution in [-0.2, 0) is 6.54 Å². The van der Waals surface area contributed by atoms with Gasteiger partial charge in [-0.1, -0.05) is 17.7 Å². The van der Waals surface area contributed by atoms with Gasteiger partial charge in [0.1, 0.15) is 17.3 Å². The fraction of sp³-hybridized carbons (Fsp3) is 0.200. The number of anilines is 1. The van der Waals surface area contributed by atoms with Crippen molar-refractivity contribution in [1.82, 2.24) is 24.6 Å². The van der Waals surface area contributed by atoms with Crippen LogP contribution in [0, 0.1) is 5.82 Å². The minimum atomic E-state index is -0.526. The molecule has 3 heterocycles. The Morgan fingerprint density at radius 1 is 1.39 bits per heavy atom. The van der Waals surface area contributed by atoms with Crippen molar-refractivity contribution in [3.63, 3.8) is 0 Å². The van der Waals surface area contributed by atoms with E-state index < -0.39 is 11.5 Å². The summed E-state index contributed by atoms with van der Waals surface area (Å²) in [5.41, 5.74) is 1.08. The largest absolute Gasteiger partial charge is 0.493 e. The van der Waals surface area contributed by atoms with Gasteiger partial charge in [0.15, 0.2) is 11.1 Å². The molecule has 0 spiro atoms. The standard InChI is InChI=1S/C20H17ClFN7O2/c21-13-2-1-3-14(22)12(13)9-23-16-7-17(25-11-4-5-11)29-18(27-16)10(8-24-29)6-15-19(30)28-20(31)26-15/h1-3,6-8,11,23,30H,4-5,9H2,(H2,26,28,31)/b10-6-,25-17?. The van der Waals surface area contributed by atoms with Gasteiger partial charge in [-0.05, 0) is 31.1 Å². The average Bonchev–Trinajstić information content (AvgIpc) is 3.36. The van der Waals surface area contributed by atoms with Gasteiger partial charge in [0, 0.05) is 28.4 Å². The molecule has 158 valence electrons. The number of nitrogens with one attached hydrogen (secondary N) is 3. The molecule has 1 aromatic carbocycles. The van der Waals surface area contributed by atoms with E-state index >= 15 is 0 Å². The van der Waals surface area contributed by atoms with Gasteiger partial charge in [-0.2, -0.15) is 9.61 Å². The molecule has 0 aliphatic heterocycles. The number of benzene rings is 1. The Morgan fingerprint density at radius 2 is 2.23 bits per heavy atom. The van der Waals surface area contributed by atoms with Crippen molar-refractivity contribution in [1.29, 1.82) is 0 Å². The highest BCUT2D eigenvalue weighted by Crippen LogP contribution is 2.23. The molecule has 31 heavy (non-hydrogen) atoms. The fourth-order valence-corrected chi connectivity index (χ4v) is 3.40. The molecule has 5 rings (SSSR count). The van der Waals surface area contributed by atoms with Gasteiger partial charge in [0.05, 0.1) is 12.2 Å². The van der Waals surface area contributed by atoms with Crippen molar-refractivity contribution in [3.8, 4) is 5.88 Å². The second-order valence-corrected chi connectivity index (χ2v) is 7.64. The molecule has 1 aliphatic carbocycles. The first kappa shape index (κ1) is 19.3. The topological polar surface area (TPSA) is 123 Å². The van der Waals surface area contributed by atoms with E-state index in [-0.39, 0.29) is 24.2 Å². The normalized spacial score (nSPS) is 15.2. The lowest BCUT2D eigenvalue weighted by Crippen LogP contribution is -2.20. The molecule has 0 bridgehead atoms. The van der Waals surface area contributed by atoms with E-state index in [2.05, 4.69) is 30.4 Å². The van der Waals surface area contributed by atoms with Crippen LogP contribution in [0.2, 0.25) is 5.02 Å². The number of aromatic amines is 2. The van der Waals surface area contributed by atoms with Crippen LogP contribution in [0.3, 0.4) is 0 Å². The Balaban J connectivity index is 1.60. The maximum Gasteiger partial charge on any atom is 0.326 e. The Bertz CT molecular complexity index is 1450. The van der Waals surface area contributed by atoms with Gasteiger partial charge in [-0.3, -0.25) is 9.98 Å². The number of rotatable bonds is 5. The van der Waals surface area contributed by atoms with Crippen molar-refractivity contribution in [2.75, 3.05) is 5.32 Å². The Hall–Kier alpha value is -3.66. The van der Waals surface area contributed by atoms with Crippen molar-refractivity contribution in [2.24, 2.45) is 4.99 Å². The number of H-pyrrole nitrogens is 2. The molecule has 0 radical (unpaired) electrons. The predicted molar refractivity (Wildman–Crippen MR) is 112 cm³/mol. The summed E-state index contributed by atoms with van der Waals surface area (Å²) < 4.78 is 15.7. The second-order valence-electron chi connectivity index (χ2n) is 7.23. The summed E-state index contributed by atoms with van der Waals surface area (Å²) >= 11 is 6.12. The zero-order chi connectivity index (χ0) is 21.5. The maximum atomic E-state index is 14.1. The van der Waals surface area contributed by atoms with Crippen LogP contribution in [0.5, 0.6) is 5.88 Å². The lowest BCUT2D eigenvalue weighted by atomic mass is 10.2. The Labute approximate surface area is 178 Å². The van der Waals surface area contributed by atoms with Gasteiger partial charge >= 0.3 is 5.69 Å². The van der Waals surface area contributed by atoms with Gasteiger partial charge in [-0.25, -0.2) is 14.2 Å². The van der Waals surface area contributed by atoms with Crippen molar-refractivity contribution < 1.29 is 9.50 Å². The highest BCUT2D eigenvalue weighted by atomic mass is 35.5. The summed E-state index contributed by atoms with van der Waals surface area (Å²) in [7, 11) is 0. The second kappa shape index (κ2) is 7.55. The lowest BCUT2D eigenvalue weighted by molar-refractivity contribution is 0.454. The third kappa shape index (κ3) is 3.89. The Kier molecular flexibility index (Phi) is 4.70. The van der Waals surface area contributed by atoms with E-state index in [1.54, 1.807) is 35.0 Å². The zero-order valence-electron chi connectivity index (χ0n) is 16.1. The van der Waals surface area contributed by atoms with Crippen LogP contribution in [0.25, 0.3) is 11.7 Å². The molecule has 1 saturated carbocycles. The van der Waals surface area contributed by atoms with E-state index in [1.807, 2.05) is 0 Å². The van der Waals surface area contributed by atoms with E-state index in [0.717, 1.165) is 12.8 Å². The average molecular weight is 442 g/mol. The van der Waals surface area contributed by atoms with E-state index in [4.69, 9.17) is 11.6 Å². The number of hydrogen-bond acceptors (Lipinski definition) is 6. The molecule has 0 atom stereocenters. The van der Waals surface area contributed by atoms with Gasteiger partial charge in [0.2, 0.25) is 5.88 Å². The first-order valence-electron chi connectivity index (χ1n) is 9.60. The molecule has 4 N–H and O–H groups in total. The van der Waals surface area contributed by atoms with Gasteiger partial charge in [0.25, 0.3) is 0 Å². The van der Waals surface area contributed by atoms with Crippen LogP contribution in [-0.4, -0.2) is 35.7 Å². The third-order valence-corrected chi connectivity index (χ3v) is 5.24. The molecule has 9 nitrogen and oxygen atoms in total. The van der Waals surface area contributed by atoms with Crippen LogP contribution < -0.4 is 21.7 Å². The van der Waals surface area contributed by atoms with Crippen molar-refractivity contribution in [3.05, 3.63) is 73.8 Å². The third-order valence-electron chi connectivity index (χ3n) is 4.89. The summed E-state index contributed by atoms with van der Waals surface area (Å²) in [5.74, 6) is -0.224. The van der Waals surface area contributed by atoms with E-state index in [9.17, 15) is 14.3 Å². The van der Waals surface area contributed by atoms with Crippen LogP contribution in [0.15, 0.2) is 40.2 Å². The summed E-state index contributed by atoms with van der Waals surface area (Å²) in [4.78, 5) is 25.4. The summed E-state index contributed by atoms with van der Waals surface area (Å²) in [6, 6.07) is 6.50. The first-order valence-corrected chi connectivity index (χ1v) is 9.98. The molecule has 3 aromatic heterocycles. The highest BCUT2D eigenvalue weighted by Gasteiger charge is 2.20. The zero-order valence-corrected chi connectivity index (χ0v) is 16.8. The van der Waals surface area contributed by atoms with Gasteiger partial charge < -0.3 is 15.4 Å². The highest BCUT2D eigenvalue weighted by molar-refractivity contribution is 6.31. The molecular formula is C20H17ClFN7O2. The fourth-order valence-electron chi connectivity index (χ4n) is 3.17. The van der Waals surface area contributed by atoms with Crippen molar-refractivity contribution in [2.45, 2.75) is 25.4 Å². The number of imidazole rings is 1. The molecule has 0 amide bonds. The molecule has 0 saturated heterocycles.